The van der Waals surface area contributed by atoms with E-state index in [0.29, 0.717) is 24.1 Å². The molecular weight excluding hydrogens is 438 g/mol. The molecular formula is C26H24F2N4O2. The molecule has 4 aromatic rings. The zero-order chi connectivity index (χ0) is 24.1. The summed E-state index contributed by atoms with van der Waals surface area (Å²) in [5, 5.41) is 19.8. The van der Waals surface area contributed by atoms with Crippen molar-refractivity contribution in [2.24, 2.45) is 0 Å². The molecule has 34 heavy (non-hydrogen) atoms. The number of carbonyl (C=O) groups excluding carboxylic acids is 1. The van der Waals surface area contributed by atoms with Crippen molar-refractivity contribution in [2.75, 3.05) is 0 Å². The average Bonchev–Trinajstić information content (AvgIpc) is 3.29. The van der Waals surface area contributed by atoms with Crippen LogP contribution in [0, 0.1) is 11.6 Å². The number of aliphatic hydroxyl groups excluding tert-OH is 1. The van der Waals surface area contributed by atoms with Crippen LogP contribution in [-0.4, -0.2) is 38.3 Å². The minimum absolute atomic E-state index is 0.0539. The Kier molecular flexibility index (Phi) is 7.08. The largest absolute Gasteiger partial charge is 0.393 e. The normalized spacial score (nSPS) is 12.8. The second-order valence-electron chi connectivity index (χ2n) is 8.12. The highest BCUT2D eigenvalue weighted by molar-refractivity contribution is 6.01. The first-order chi connectivity index (χ1) is 16.4. The summed E-state index contributed by atoms with van der Waals surface area (Å²) in [6, 6.07) is 16.8. The summed E-state index contributed by atoms with van der Waals surface area (Å²) in [7, 11) is 0. The Morgan fingerprint density at radius 3 is 2.59 bits per heavy atom. The lowest BCUT2D eigenvalue weighted by molar-refractivity contribution is 0.0917. The van der Waals surface area contributed by atoms with Crippen molar-refractivity contribution in [3.63, 3.8) is 0 Å². The van der Waals surface area contributed by atoms with Gasteiger partial charge in [-0.15, -0.1) is 0 Å². The molecule has 0 aliphatic carbocycles. The highest BCUT2D eigenvalue weighted by atomic mass is 19.1. The van der Waals surface area contributed by atoms with Gasteiger partial charge in [0, 0.05) is 24.4 Å². The summed E-state index contributed by atoms with van der Waals surface area (Å²) in [6.45, 7) is 1.64. The Hall–Kier alpha value is -3.91. The minimum atomic E-state index is -0.648. The fraction of sp³-hybridized carbons (Fsp3) is 0.192. The number of nitrogens with zero attached hydrogens (tertiary/aromatic N) is 2. The van der Waals surface area contributed by atoms with Crippen LogP contribution in [0.5, 0.6) is 0 Å². The molecule has 0 aliphatic rings. The van der Waals surface area contributed by atoms with E-state index in [4.69, 9.17) is 0 Å². The summed E-state index contributed by atoms with van der Waals surface area (Å²) in [5.41, 5.74) is 2.43. The van der Waals surface area contributed by atoms with Crippen molar-refractivity contribution < 1.29 is 18.7 Å². The van der Waals surface area contributed by atoms with Gasteiger partial charge in [-0.3, -0.25) is 14.9 Å². The van der Waals surface area contributed by atoms with Gasteiger partial charge in [0.1, 0.15) is 11.6 Å². The number of hydrogen-bond donors (Lipinski definition) is 3. The van der Waals surface area contributed by atoms with E-state index in [0.717, 1.165) is 5.69 Å². The quantitative estimate of drug-likeness (QED) is 0.359. The van der Waals surface area contributed by atoms with Crippen LogP contribution in [0.1, 0.15) is 29.4 Å². The van der Waals surface area contributed by atoms with E-state index in [1.165, 1.54) is 30.3 Å². The summed E-state index contributed by atoms with van der Waals surface area (Å²) < 4.78 is 28.2. The lowest BCUT2D eigenvalue weighted by atomic mass is 10.00. The van der Waals surface area contributed by atoms with E-state index in [1.807, 2.05) is 12.1 Å². The first-order valence-corrected chi connectivity index (χ1v) is 10.9. The summed E-state index contributed by atoms with van der Waals surface area (Å²) in [4.78, 5) is 17.5. The van der Waals surface area contributed by atoms with E-state index in [9.17, 15) is 18.7 Å². The van der Waals surface area contributed by atoms with E-state index >= 15 is 0 Å². The minimum Gasteiger partial charge on any atom is -0.393 e. The number of hydrogen-bond acceptors (Lipinski definition) is 4. The van der Waals surface area contributed by atoms with Crippen LogP contribution in [-0.2, 0) is 6.42 Å². The van der Waals surface area contributed by atoms with Crippen molar-refractivity contribution in [2.45, 2.75) is 31.9 Å². The molecule has 174 valence electrons. The second kappa shape index (κ2) is 10.4. The van der Waals surface area contributed by atoms with Crippen LogP contribution in [0.4, 0.5) is 8.78 Å². The van der Waals surface area contributed by atoms with Crippen LogP contribution in [0.3, 0.4) is 0 Å². The Labute approximate surface area is 195 Å². The molecule has 0 saturated carbocycles. The fourth-order valence-corrected chi connectivity index (χ4v) is 3.84. The SMILES string of the molecule is C[C@@H](O)C[C@@H](Cc1ccccn1)NC(=O)c1cccc(F)c1-c1cc(-c2ccc(F)cc2)[nH]n1. The van der Waals surface area contributed by atoms with E-state index < -0.39 is 23.9 Å². The molecule has 6 nitrogen and oxygen atoms in total. The van der Waals surface area contributed by atoms with Gasteiger partial charge >= 0.3 is 0 Å². The number of aliphatic hydroxyl groups is 1. The van der Waals surface area contributed by atoms with Crippen molar-refractivity contribution in [3.05, 3.63) is 95.8 Å². The predicted octanol–water partition coefficient (Wildman–Crippen LogP) is 4.53. The molecule has 0 saturated heterocycles. The molecule has 0 fully saturated rings. The Morgan fingerprint density at radius 2 is 1.88 bits per heavy atom. The Balaban J connectivity index is 1.62. The third-order valence-electron chi connectivity index (χ3n) is 5.39. The molecule has 0 bridgehead atoms. The van der Waals surface area contributed by atoms with Crippen LogP contribution in [0.2, 0.25) is 0 Å². The van der Waals surface area contributed by atoms with Gasteiger partial charge in [-0.1, -0.05) is 12.1 Å². The standard InChI is InChI=1S/C26H24F2N4O2/c1-16(33)13-20(14-19-5-2-3-12-29-19)30-26(34)21-6-4-7-22(28)25(21)24-15-23(31-32-24)17-8-10-18(27)11-9-17/h2-12,15-16,20,33H,13-14H2,1H3,(H,30,34)(H,31,32)/t16-,20+/m1/s1. The van der Waals surface area contributed by atoms with Crippen LogP contribution in [0.25, 0.3) is 22.5 Å². The molecule has 0 aliphatic heterocycles. The van der Waals surface area contributed by atoms with E-state index in [2.05, 4.69) is 20.5 Å². The topological polar surface area (TPSA) is 90.9 Å². The van der Waals surface area contributed by atoms with Gasteiger partial charge in [0.25, 0.3) is 5.91 Å². The van der Waals surface area contributed by atoms with Gasteiger partial charge in [-0.2, -0.15) is 5.10 Å². The van der Waals surface area contributed by atoms with E-state index in [1.54, 1.807) is 37.4 Å². The number of pyridine rings is 1. The molecule has 0 spiro atoms. The number of carbonyl (C=O) groups is 1. The predicted molar refractivity (Wildman–Crippen MR) is 125 cm³/mol. The van der Waals surface area contributed by atoms with Crippen LogP contribution in [0.15, 0.2) is 72.9 Å². The van der Waals surface area contributed by atoms with Crippen molar-refractivity contribution in [1.29, 1.82) is 0 Å². The number of H-pyrrole nitrogens is 1. The van der Waals surface area contributed by atoms with Crippen molar-refractivity contribution >= 4 is 5.91 Å². The summed E-state index contributed by atoms with van der Waals surface area (Å²) in [6.07, 6.45) is 1.74. The Morgan fingerprint density at radius 1 is 1.09 bits per heavy atom. The number of rotatable bonds is 8. The number of halogens is 2. The second-order valence-corrected chi connectivity index (χ2v) is 8.12. The van der Waals surface area contributed by atoms with Crippen molar-refractivity contribution in [1.82, 2.24) is 20.5 Å². The van der Waals surface area contributed by atoms with Gasteiger partial charge < -0.3 is 10.4 Å². The summed E-state index contributed by atoms with van der Waals surface area (Å²) >= 11 is 0. The van der Waals surface area contributed by atoms with Gasteiger partial charge in [0.2, 0.25) is 0 Å². The third kappa shape index (κ3) is 5.52. The number of benzene rings is 2. The molecule has 2 aromatic heterocycles. The fourth-order valence-electron chi connectivity index (χ4n) is 3.84. The van der Waals surface area contributed by atoms with Crippen LogP contribution >= 0.6 is 0 Å². The monoisotopic (exact) mass is 462 g/mol. The average molecular weight is 463 g/mol. The maximum Gasteiger partial charge on any atom is 0.252 e. The molecule has 0 unspecified atom stereocenters. The zero-order valence-corrected chi connectivity index (χ0v) is 18.5. The molecule has 2 heterocycles. The number of amides is 1. The van der Waals surface area contributed by atoms with Gasteiger partial charge in [0.15, 0.2) is 0 Å². The number of aromatic nitrogens is 3. The highest BCUT2D eigenvalue weighted by Crippen LogP contribution is 2.29. The maximum absolute atomic E-state index is 14.9. The third-order valence-corrected chi connectivity index (χ3v) is 5.39. The van der Waals surface area contributed by atoms with Crippen LogP contribution < -0.4 is 5.32 Å². The molecule has 3 N–H and O–H groups in total. The lowest BCUT2D eigenvalue weighted by Crippen LogP contribution is -2.39. The smallest absolute Gasteiger partial charge is 0.252 e. The summed E-state index contributed by atoms with van der Waals surface area (Å²) in [5.74, 6) is -1.45. The Bertz CT molecular complexity index is 1260. The highest BCUT2D eigenvalue weighted by Gasteiger charge is 2.23. The van der Waals surface area contributed by atoms with Crippen molar-refractivity contribution in [3.8, 4) is 22.5 Å². The zero-order valence-electron chi connectivity index (χ0n) is 18.5. The first-order valence-electron chi connectivity index (χ1n) is 10.9. The molecule has 2 atom stereocenters. The molecule has 8 heteroatoms. The maximum atomic E-state index is 14.9. The first kappa shape index (κ1) is 23.3. The molecule has 2 aromatic carbocycles. The number of nitrogens with one attached hydrogen (secondary N) is 2. The molecule has 1 amide bonds. The molecule has 0 radical (unpaired) electrons. The van der Waals surface area contributed by atoms with E-state index in [-0.39, 0.29) is 22.6 Å². The van der Waals surface area contributed by atoms with Gasteiger partial charge in [-0.05, 0) is 73.5 Å². The molecule has 4 rings (SSSR count). The van der Waals surface area contributed by atoms with Gasteiger partial charge in [-0.25, -0.2) is 8.78 Å². The van der Waals surface area contributed by atoms with Gasteiger partial charge in [0.05, 0.1) is 28.6 Å². The lowest BCUT2D eigenvalue weighted by Gasteiger charge is -2.21. The number of aromatic amines is 1.